The van der Waals surface area contributed by atoms with Crippen LogP contribution in [0.5, 0.6) is 0 Å². The molecule has 0 unspecified atom stereocenters. The van der Waals surface area contributed by atoms with Gasteiger partial charge in [0.15, 0.2) is 0 Å². The van der Waals surface area contributed by atoms with Gasteiger partial charge in [-0.3, -0.25) is 4.57 Å². The average molecular weight is 468 g/mol. The van der Waals surface area contributed by atoms with Crippen LogP contribution < -0.4 is 21.2 Å². The van der Waals surface area contributed by atoms with Crippen LogP contribution in [0.25, 0.3) is 0 Å². The van der Waals surface area contributed by atoms with Crippen molar-refractivity contribution in [3.05, 3.63) is 121 Å². The minimum atomic E-state index is -3.42. The van der Waals surface area contributed by atoms with Crippen LogP contribution in [0, 0.1) is 0 Å². The van der Waals surface area contributed by atoms with E-state index in [-0.39, 0.29) is 0 Å². The molecule has 0 saturated carbocycles. The van der Waals surface area contributed by atoms with Gasteiger partial charge in [-0.15, -0.1) is 3.96 Å². The maximum absolute atomic E-state index is 14.9. The molecule has 30 heavy (non-hydrogen) atoms. The molecular formula is C24H20ClNOP2S. The lowest BCUT2D eigenvalue weighted by Gasteiger charge is -2.36. The van der Waals surface area contributed by atoms with E-state index in [0.29, 0.717) is 10.6 Å². The van der Waals surface area contributed by atoms with Crippen molar-refractivity contribution in [2.24, 2.45) is 0 Å². The number of hydrogen-bond acceptors (Lipinski definition) is 2. The van der Waals surface area contributed by atoms with Crippen LogP contribution in [0.4, 0.5) is 0 Å². The molecule has 150 valence electrons. The fraction of sp³-hybridized carbons (Fsp3) is 0. The molecule has 0 aromatic heterocycles. The topological polar surface area (TPSA) is 20.3 Å². The van der Waals surface area contributed by atoms with Crippen LogP contribution in [0.15, 0.2) is 121 Å². The monoisotopic (exact) mass is 467 g/mol. The first-order valence-electron chi connectivity index (χ1n) is 9.47. The van der Waals surface area contributed by atoms with Gasteiger partial charge in [-0.2, -0.15) is 0 Å². The zero-order chi connectivity index (χ0) is 21.0. The molecule has 0 aliphatic carbocycles. The normalized spacial score (nSPS) is 12.1. The Bertz CT molecular complexity index is 1020. The lowest BCUT2D eigenvalue weighted by Crippen LogP contribution is -2.31. The Morgan fingerprint density at radius 3 is 1.10 bits per heavy atom. The Kier molecular flexibility index (Phi) is 6.39. The van der Waals surface area contributed by atoms with Gasteiger partial charge >= 0.3 is 0 Å². The minimum absolute atomic E-state index is 0.660. The fourth-order valence-electron chi connectivity index (χ4n) is 3.38. The van der Waals surface area contributed by atoms with Gasteiger partial charge in [0, 0.05) is 21.2 Å². The summed E-state index contributed by atoms with van der Waals surface area (Å²) >= 11 is 13.5. The molecule has 0 heterocycles. The highest BCUT2D eigenvalue weighted by molar-refractivity contribution is 8.23. The fourth-order valence-corrected chi connectivity index (χ4v) is 12.4. The van der Waals surface area contributed by atoms with Crippen LogP contribution >= 0.6 is 25.3 Å². The maximum Gasteiger partial charge on any atom is 0.225 e. The Hall–Kier alpha value is -1.99. The van der Waals surface area contributed by atoms with Gasteiger partial charge < -0.3 is 0 Å². The molecule has 0 atom stereocenters. The summed E-state index contributed by atoms with van der Waals surface area (Å²) in [5, 5.41) is 3.11. The molecule has 0 amide bonds. The third-order valence-electron chi connectivity index (χ3n) is 4.89. The summed E-state index contributed by atoms with van der Waals surface area (Å²) in [6.07, 6.45) is -2.80. The van der Waals surface area contributed by atoms with E-state index in [2.05, 4.69) is 0 Å². The first-order chi connectivity index (χ1) is 14.6. The van der Waals surface area contributed by atoms with E-state index in [0.717, 1.165) is 10.6 Å². The molecule has 0 aliphatic heterocycles. The van der Waals surface area contributed by atoms with Crippen molar-refractivity contribution in [2.75, 3.05) is 0 Å². The quantitative estimate of drug-likeness (QED) is 0.279. The summed E-state index contributed by atoms with van der Waals surface area (Å²) < 4.78 is 16.3. The molecule has 0 bridgehead atoms. The lowest BCUT2D eigenvalue weighted by molar-refractivity contribution is 0.577. The van der Waals surface area contributed by atoms with E-state index in [1.165, 1.54) is 3.96 Å². The molecule has 0 fully saturated rings. The van der Waals surface area contributed by atoms with Crippen LogP contribution in [0.3, 0.4) is 0 Å². The second-order valence-electron chi connectivity index (χ2n) is 6.73. The number of benzene rings is 4. The Morgan fingerprint density at radius 2 is 0.800 bits per heavy atom. The van der Waals surface area contributed by atoms with Gasteiger partial charge in [0.25, 0.3) is 0 Å². The van der Waals surface area contributed by atoms with Gasteiger partial charge in [-0.25, -0.2) is 0 Å². The van der Waals surface area contributed by atoms with Crippen molar-refractivity contribution < 1.29 is 4.57 Å². The van der Waals surface area contributed by atoms with E-state index < -0.39 is 13.5 Å². The highest BCUT2D eigenvalue weighted by atomic mass is 35.5. The SMILES string of the molecule is O=P(c1ccccc1)(c1ccccc1)N(Cl)P(=S)(c1ccccc1)c1ccccc1. The van der Waals surface area contributed by atoms with E-state index >= 15 is 0 Å². The molecule has 4 aromatic carbocycles. The van der Waals surface area contributed by atoms with Crippen molar-refractivity contribution in [1.82, 2.24) is 3.96 Å². The third kappa shape index (κ3) is 3.73. The van der Waals surface area contributed by atoms with Crippen molar-refractivity contribution >= 4 is 58.3 Å². The third-order valence-corrected chi connectivity index (χ3v) is 15.1. The van der Waals surface area contributed by atoms with Crippen molar-refractivity contribution in [2.45, 2.75) is 0 Å². The molecule has 0 saturated heterocycles. The van der Waals surface area contributed by atoms with Crippen molar-refractivity contribution in [3.8, 4) is 0 Å². The van der Waals surface area contributed by atoms with Gasteiger partial charge in [-0.1, -0.05) is 109 Å². The van der Waals surface area contributed by atoms with Crippen molar-refractivity contribution in [3.63, 3.8) is 0 Å². The minimum Gasteiger partial charge on any atom is -0.295 e. The molecule has 0 N–H and O–H groups in total. The van der Waals surface area contributed by atoms with E-state index in [1.54, 1.807) is 0 Å². The largest absolute Gasteiger partial charge is 0.295 e. The molecule has 2 nitrogen and oxygen atoms in total. The Morgan fingerprint density at radius 1 is 0.533 bits per heavy atom. The molecule has 4 aromatic rings. The number of halogens is 1. The van der Waals surface area contributed by atoms with Crippen LogP contribution in [-0.4, -0.2) is 3.96 Å². The highest BCUT2D eigenvalue weighted by Crippen LogP contribution is 2.65. The van der Waals surface area contributed by atoms with Crippen LogP contribution in [0.2, 0.25) is 0 Å². The predicted octanol–water partition coefficient (Wildman–Crippen LogP) is 5.42. The summed E-state index contributed by atoms with van der Waals surface area (Å²) in [5.74, 6) is 0. The first kappa shape index (κ1) is 21.2. The summed E-state index contributed by atoms with van der Waals surface area (Å²) in [7, 11) is -3.42. The smallest absolute Gasteiger partial charge is 0.225 e. The summed E-state index contributed by atoms with van der Waals surface area (Å²) in [4.78, 5) is 0. The average Bonchev–Trinajstić information content (AvgIpc) is 2.84. The number of nitrogens with zero attached hydrogens (tertiary/aromatic N) is 1. The Labute approximate surface area is 187 Å². The van der Waals surface area contributed by atoms with E-state index in [9.17, 15) is 4.57 Å². The number of rotatable bonds is 6. The second kappa shape index (κ2) is 9.02. The van der Waals surface area contributed by atoms with Gasteiger partial charge in [0.1, 0.15) is 0 Å². The number of hydrogen-bond donors (Lipinski definition) is 0. The molecule has 0 radical (unpaired) electrons. The van der Waals surface area contributed by atoms with Gasteiger partial charge in [0.2, 0.25) is 7.29 Å². The predicted molar refractivity (Wildman–Crippen MR) is 134 cm³/mol. The standard InChI is InChI=1S/C24H20ClNOP2S/c25-26(28(27,21-13-5-1-6-14-21)22-15-7-2-8-16-22)29(30,23-17-9-3-10-18-23)24-19-11-4-12-20-24/h1-20H. The molecule has 6 heteroatoms. The molecule has 4 rings (SSSR count). The second-order valence-corrected chi connectivity index (χ2v) is 14.6. The summed E-state index contributed by atoms with van der Waals surface area (Å²) in [5.41, 5.74) is 0. The van der Waals surface area contributed by atoms with E-state index in [4.69, 9.17) is 23.6 Å². The van der Waals surface area contributed by atoms with E-state index in [1.807, 2.05) is 121 Å². The lowest BCUT2D eigenvalue weighted by atomic mass is 10.4. The highest BCUT2D eigenvalue weighted by Gasteiger charge is 2.43. The van der Waals surface area contributed by atoms with Gasteiger partial charge in [-0.05, 0) is 36.0 Å². The molecule has 0 aliphatic rings. The summed E-state index contributed by atoms with van der Waals surface area (Å²) in [6, 6.07) is 38.3. The van der Waals surface area contributed by atoms with Crippen molar-refractivity contribution in [1.29, 1.82) is 0 Å². The van der Waals surface area contributed by atoms with Gasteiger partial charge in [0.05, 0.1) is 6.19 Å². The Balaban J connectivity index is 2.01. The first-order valence-corrected chi connectivity index (χ1v) is 14.2. The zero-order valence-corrected chi connectivity index (χ0v) is 19.4. The summed E-state index contributed by atoms with van der Waals surface area (Å²) in [6.45, 7) is 0. The maximum atomic E-state index is 14.9. The molecular weight excluding hydrogens is 448 g/mol. The molecule has 0 spiro atoms. The van der Waals surface area contributed by atoms with Crippen LogP contribution in [-0.2, 0) is 16.4 Å². The zero-order valence-electron chi connectivity index (χ0n) is 16.1. The van der Waals surface area contributed by atoms with Crippen LogP contribution in [0.1, 0.15) is 0 Å².